The summed E-state index contributed by atoms with van der Waals surface area (Å²) in [6.45, 7) is 3.47. The van der Waals surface area contributed by atoms with E-state index in [9.17, 15) is 24.8 Å². The van der Waals surface area contributed by atoms with Crippen molar-refractivity contribution >= 4 is 23.7 Å². The van der Waals surface area contributed by atoms with Gasteiger partial charge in [-0.2, -0.15) is 0 Å². The topological polar surface area (TPSA) is 128 Å². The zero-order valence-electron chi connectivity index (χ0n) is 20.5. The second-order valence-corrected chi connectivity index (χ2v) is 8.65. The minimum atomic E-state index is -1.63. The van der Waals surface area contributed by atoms with Gasteiger partial charge in [0.15, 0.2) is 0 Å². The molecule has 0 saturated carbocycles. The number of hydrogen-bond acceptors (Lipinski definition) is 7. The second kappa shape index (κ2) is 11.6. The number of carbonyl (C=O) groups excluding carboxylic acids is 1. The van der Waals surface area contributed by atoms with Crippen molar-refractivity contribution in [2.45, 2.75) is 32.2 Å². The van der Waals surface area contributed by atoms with Gasteiger partial charge in [0.25, 0.3) is 5.69 Å². The van der Waals surface area contributed by atoms with E-state index in [1.807, 2.05) is 30.3 Å². The number of rotatable bonds is 10. The number of esters is 1. The molecule has 0 saturated heterocycles. The number of carboxylic acids is 1. The quantitative estimate of drug-likeness (QED) is 0.216. The number of nitrogens with one attached hydrogen (secondary N) is 1. The van der Waals surface area contributed by atoms with Crippen LogP contribution in [0.2, 0.25) is 0 Å². The summed E-state index contributed by atoms with van der Waals surface area (Å²) >= 11 is 0. The first-order valence-electron chi connectivity index (χ1n) is 11.6. The molecular formula is C27H30N2O7. The number of ether oxygens (including phenoxy) is 2. The smallest absolute Gasteiger partial charge is 0.336 e. The lowest BCUT2D eigenvalue weighted by Gasteiger charge is -2.46. The molecule has 2 aromatic rings. The summed E-state index contributed by atoms with van der Waals surface area (Å²) < 4.78 is 10.3. The van der Waals surface area contributed by atoms with Crippen molar-refractivity contribution in [2.75, 3.05) is 20.3 Å². The number of nitrogens with zero attached hydrogens (tertiary/aromatic N) is 1. The summed E-state index contributed by atoms with van der Waals surface area (Å²) in [7, 11) is 1.47. The molecule has 0 aliphatic carbocycles. The van der Waals surface area contributed by atoms with Gasteiger partial charge in [0.1, 0.15) is 12.0 Å². The number of nitro benzene ring substituents is 1. The molecule has 36 heavy (non-hydrogen) atoms. The standard InChI is InChI=1S/C27H30N2O7/c1-18-23(25(30)36-17-16-35-3)24(21-13-7-8-14-22(21)29(33)34)27(26(31)32,19(2)28-18)15-9-12-20-10-5-4-6-11-20/h4-14,19,24,28H,15-17H2,1-3H3,(H,31,32)/b12-9+. The maximum atomic E-state index is 13.3. The SMILES string of the molecule is COCCOC(=O)C1=C(C)NC(C)C(C/C=C/c2ccccc2)(C(=O)O)C1c1ccccc1[N+](=O)[O-]. The molecule has 2 aromatic carbocycles. The molecule has 2 N–H and O–H groups in total. The van der Waals surface area contributed by atoms with Gasteiger partial charge in [0.2, 0.25) is 0 Å². The van der Waals surface area contributed by atoms with Crippen molar-refractivity contribution < 1.29 is 29.1 Å². The Labute approximate surface area is 209 Å². The molecule has 9 heteroatoms. The highest BCUT2D eigenvalue weighted by Gasteiger charge is 2.57. The minimum Gasteiger partial charge on any atom is -0.481 e. The summed E-state index contributed by atoms with van der Waals surface area (Å²) in [6, 6.07) is 14.7. The van der Waals surface area contributed by atoms with Gasteiger partial charge in [-0.3, -0.25) is 14.9 Å². The highest BCUT2D eigenvalue weighted by atomic mass is 16.6. The first kappa shape index (κ1) is 26.6. The van der Waals surface area contributed by atoms with Crippen molar-refractivity contribution in [3.05, 3.63) is 93.2 Å². The third-order valence-electron chi connectivity index (χ3n) is 6.56. The molecule has 0 spiro atoms. The number of carbonyl (C=O) groups is 2. The Kier molecular flexibility index (Phi) is 8.60. The van der Waals surface area contributed by atoms with E-state index in [4.69, 9.17) is 9.47 Å². The maximum Gasteiger partial charge on any atom is 0.336 e. The van der Waals surface area contributed by atoms with Crippen molar-refractivity contribution in [1.82, 2.24) is 5.32 Å². The van der Waals surface area contributed by atoms with Gasteiger partial charge in [0.05, 0.1) is 17.1 Å². The molecule has 3 rings (SSSR count). The number of benzene rings is 2. The third-order valence-corrected chi connectivity index (χ3v) is 6.56. The Morgan fingerprint density at radius 1 is 1.14 bits per heavy atom. The predicted molar refractivity (Wildman–Crippen MR) is 134 cm³/mol. The number of aliphatic carboxylic acids is 1. The summed E-state index contributed by atoms with van der Waals surface area (Å²) in [5.41, 5.74) is -0.408. The molecule has 0 radical (unpaired) electrons. The van der Waals surface area contributed by atoms with Gasteiger partial charge >= 0.3 is 11.9 Å². The average molecular weight is 495 g/mol. The van der Waals surface area contributed by atoms with E-state index in [-0.39, 0.29) is 36.5 Å². The van der Waals surface area contributed by atoms with Crippen LogP contribution in [-0.2, 0) is 19.1 Å². The van der Waals surface area contributed by atoms with Gasteiger partial charge < -0.3 is 19.9 Å². The molecule has 1 aliphatic rings. The van der Waals surface area contributed by atoms with E-state index in [0.717, 1.165) is 5.56 Å². The fraction of sp³-hybridized carbons (Fsp3) is 0.333. The van der Waals surface area contributed by atoms with Crippen LogP contribution in [-0.4, -0.2) is 48.3 Å². The van der Waals surface area contributed by atoms with Crippen LogP contribution in [0.25, 0.3) is 6.08 Å². The lowest BCUT2D eigenvalue weighted by atomic mass is 9.60. The van der Waals surface area contributed by atoms with Crippen LogP contribution >= 0.6 is 0 Å². The molecule has 0 amide bonds. The summed E-state index contributed by atoms with van der Waals surface area (Å²) in [5.74, 6) is -3.08. The summed E-state index contributed by atoms with van der Waals surface area (Å²) in [6.07, 6.45) is 3.54. The third kappa shape index (κ3) is 5.31. The lowest BCUT2D eigenvalue weighted by Crippen LogP contribution is -2.56. The molecule has 190 valence electrons. The van der Waals surface area contributed by atoms with Crippen LogP contribution in [0.3, 0.4) is 0 Å². The largest absolute Gasteiger partial charge is 0.481 e. The van der Waals surface area contributed by atoms with Gasteiger partial charge in [-0.25, -0.2) is 4.79 Å². The van der Waals surface area contributed by atoms with Crippen molar-refractivity contribution in [1.29, 1.82) is 0 Å². The van der Waals surface area contributed by atoms with Gasteiger partial charge in [-0.05, 0) is 25.8 Å². The predicted octanol–water partition coefficient (Wildman–Crippen LogP) is 4.31. The number of para-hydroxylation sites is 1. The van der Waals surface area contributed by atoms with Crippen molar-refractivity contribution in [3.63, 3.8) is 0 Å². The van der Waals surface area contributed by atoms with E-state index >= 15 is 0 Å². The van der Waals surface area contributed by atoms with Crippen LogP contribution in [0.15, 0.2) is 71.9 Å². The number of methoxy groups -OCH3 is 1. The van der Waals surface area contributed by atoms with E-state index in [0.29, 0.717) is 5.70 Å². The molecule has 3 unspecified atom stereocenters. The fourth-order valence-electron chi connectivity index (χ4n) is 4.80. The number of allylic oxidation sites excluding steroid dienone is 2. The van der Waals surface area contributed by atoms with Crippen LogP contribution in [0.1, 0.15) is 37.3 Å². The molecule has 3 atom stereocenters. The zero-order valence-corrected chi connectivity index (χ0v) is 20.5. The fourth-order valence-corrected chi connectivity index (χ4v) is 4.80. The molecule has 9 nitrogen and oxygen atoms in total. The van der Waals surface area contributed by atoms with Crippen LogP contribution in [0, 0.1) is 15.5 Å². The van der Waals surface area contributed by atoms with Crippen LogP contribution < -0.4 is 5.32 Å². The molecule has 1 aliphatic heterocycles. The summed E-state index contributed by atoms with van der Waals surface area (Å²) in [4.78, 5) is 37.8. The Morgan fingerprint density at radius 2 is 1.81 bits per heavy atom. The molecule has 0 aromatic heterocycles. The molecule has 0 fully saturated rings. The highest BCUT2D eigenvalue weighted by molar-refractivity contribution is 5.95. The second-order valence-electron chi connectivity index (χ2n) is 8.65. The van der Waals surface area contributed by atoms with Crippen LogP contribution in [0.4, 0.5) is 5.69 Å². The Morgan fingerprint density at radius 3 is 2.44 bits per heavy atom. The molecule has 0 bridgehead atoms. The lowest BCUT2D eigenvalue weighted by molar-refractivity contribution is -0.385. The Bertz CT molecular complexity index is 1180. The molecular weight excluding hydrogens is 464 g/mol. The van der Waals surface area contributed by atoms with Gasteiger partial charge in [-0.15, -0.1) is 0 Å². The van der Waals surface area contributed by atoms with E-state index < -0.39 is 34.2 Å². The normalized spacial score (nSPS) is 21.8. The van der Waals surface area contributed by atoms with E-state index in [2.05, 4.69) is 5.32 Å². The number of hydrogen-bond donors (Lipinski definition) is 2. The minimum absolute atomic E-state index is 0.00421. The van der Waals surface area contributed by atoms with Gasteiger partial charge in [-0.1, -0.05) is 60.7 Å². The Hall–Kier alpha value is -3.98. The first-order chi connectivity index (χ1) is 17.2. The van der Waals surface area contributed by atoms with E-state index in [1.165, 1.54) is 25.3 Å². The number of nitro groups is 1. The number of carboxylic acid groups (broad SMARTS) is 1. The van der Waals surface area contributed by atoms with Gasteiger partial charge in [0, 0.05) is 36.4 Å². The first-order valence-corrected chi connectivity index (χ1v) is 11.6. The maximum absolute atomic E-state index is 13.3. The molecule has 1 heterocycles. The highest BCUT2D eigenvalue weighted by Crippen LogP contribution is 2.52. The zero-order chi connectivity index (χ0) is 26.3. The van der Waals surface area contributed by atoms with E-state index in [1.54, 1.807) is 32.1 Å². The average Bonchev–Trinajstić information content (AvgIpc) is 2.85. The monoisotopic (exact) mass is 494 g/mol. The van der Waals surface area contributed by atoms with Crippen molar-refractivity contribution in [2.24, 2.45) is 5.41 Å². The summed E-state index contributed by atoms with van der Waals surface area (Å²) in [5, 5.41) is 25.8. The van der Waals surface area contributed by atoms with Crippen LogP contribution in [0.5, 0.6) is 0 Å². The van der Waals surface area contributed by atoms with Crippen molar-refractivity contribution in [3.8, 4) is 0 Å². The Balaban J connectivity index is 2.21.